The number of nitrogens with one attached hydrogen (secondary N) is 1. The highest BCUT2D eigenvalue weighted by Gasteiger charge is 2.09. The van der Waals surface area contributed by atoms with Gasteiger partial charge in [-0.1, -0.05) is 36.4 Å². The van der Waals surface area contributed by atoms with Gasteiger partial charge in [-0.15, -0.1) is 0 Å². The van der Waals surface area contributed by atoms with Crippen molar-refractivity contribution in [2.24, 2.45) is 0 Å². The SMILES string of the molecule is CNC(=O)c1ccc(-c2cc(-c3ccc(C[SH](=O)=O)cc3)cnc2N)cc1. The van der Waals surface area contributed by atoms with Gasteiger partial charge in [-0.3, -0.25) is 4.79 Å². The molecule has 1 heterocycles. The lowest BCUT2D eigenvalue weighted by molar-refractivity contribution is 0.0963. The Hall–Kier alpha value is -3.19. The Bertz CT molecular complexity index is 1040. The Morgan fingerprint density at radius 2 is 1.63 bits per heavy atom. The molecule has 0 unspecified atom stereocenters. The van der Waals surface area contributed by atoms with E-state index in [0.29, 0.717) is 11.4 Å². The van der Waals surface area contributed by atoms with Crippen LogP contribution in [0, 0.1) is 0 Å². The molecule has 3 aromatic rings. The van der Waals surface area contributed by atoms with E-state index in [0.717, 1.165) is 27.8 Å². The minimum Gasteiger partial charge on any atom is -0.383 e. The predicted octanol–water partition coefficient (Wildman–Crippen LogP) is 2.47. The average molecular weight is 381 g/mol. The molecule has 0 fully saturated rings. The van der Waals surface area contributed by atoms with Crippen LogP contribution in [0.4, 0.5) is 5.82 Å². The fourth-order valence-corrected chi connectivity index (χ4v) is 3.27. The van der Waals surface area contributed by atoms with E-state index in [4.69, 9.17) is 5.73 Å². The highest BCUT2D eigenvalue weighted by molar-refractivity contribution is 7.71. The molecule has 138 valence electrons. The Labute approximate surface area is 159 Å². The van der Waals surface area contributed by atoms with Crippen molar-refractivity contribution in [1.29, 1.82) is 0 Å². The zero-order valence-electron chi connectivity index (χ0n) is 14.7. The lowest BCUT2D eigenvalue weighted by Crippen LogP contribution is -2.17. The molecule has 3 N–H and O–H groups in total. The van der Waals surface area contributed by atoms with Gasteiger partial charge in [-0.2, -0.15) is 0 Å². The lowest BCUT2D eigenvalue weighted by atomic mass is 9.99. The summed E-state index contributed by atoms with van der Waals surface area (Å²) in [6, 6.07) is 16.4. The number of thiol groups is 1. The fourth-order valence-electron chi connectivity index (χ4n) is 2.76. The van der Waals surface area contributed by atoms with Crippen LogP contribution in [-0.4, -0.2) is 26.4 Å². The number of hydrogen-bond acceptors (Lipinski definition) is 5. The summed E-state index contributed by atoms with van der Waals surface area (Å²) < 4.78 is 21.7. The van der Waals surface area contributed by atoms with E-state index in [1.165, 1.54) is 0 Å². The van der Waals surface area contributed by atoms with Crippen molar-refractivity contribution < 1.29 is 13.2 Å². The van der Waals surface area contributed by atoms with Gasteiger partial charge in [0.25, 0.3) is 5.91 Å². The van der Waals surface area contributed by atoms with Crippen LogP contribution >= 0.6 is 0 Å². The van der Waals surface area contributed by atoms with E-state index in [2.05, 4.69) is 10.3 Å². The largest absolute Gasteiger partial charge is 0.383 e. The Morgan fingerprint density at radius 3 is 2.22 bits per heavy atom. The van der Waals surface area contributed by atoms with Crippen molar-refractivity contribution in [2.75, 3.05) is 12.8 Å². The number of amides is 1. The zero-order chi connectivity index (χ0) is 19.4. The number of carbonyl (C=O) groups is 1. The lowest BCUT2D eigenvalue weighted by Gasteiger charge is -2.10. The third-order valence-corrected chi connectivity index (χ3v) is 4.83. The number of anilines is 1. The molecule has 0 atom stereocenters. The first-order valence-electron chi connectivity index (χ1n) is 8.27. The molecule has 1 aromatic heterocycles. The molecule has 27 heavy (non-hydrogen) atoms. The molecule has 0 aliphatic rings. The third-order valence-electron chi connectivity index (χ3n) is 4.20. The van der Waals surface area contributed by atoms with Crippen LogP contribution in [0.1, 0.15) is 15.9 Å². The van der Waals surface area contributed by atoms with Gasteiger partial charge >= 0.3 is 0 Å². The summed E-state index contributed by atoms with van der Waals surface area (Å²) in [5, 5.41) is 2.58. The maximum Gasteiger partial charge on any atom is 0.251 e. The van der Waals surface area contributed by atoms with Crippen LogP contribution in [0.25, 0.3) is 22.3 Å². The minimum atomic E-state index is -2.45. The summed E-state index contributed by atoms with van der Waals surface area (Å²) in [4.78, 5) is 16.0. The van der Waals surface area contributed by atoms with Crippen molar-refractivity contribution in [3.05, 3.63) is 71.9 Å². The molecule has 0 saturated heterocycles. The van der Waals surface area contributed by atoms with Crippen LogP contribution in [0.5, 0.6) is 0 Å². The topological polar surface area (TPSA) is 102 Å². The minimum absolute atomic E-state index is 0.0263. The molecule has 3 rings (SSSR count). The van der Waals surface area contributed by atoms with Crippen LogP contribution in [-0.2, 0) is 16.5 Å². The molecule has 0 bridgehead atoms. The van der Waals surface area contributed by atoms with E-state index < -0.39 is 10.7 Å². The van der Waals surface area contributed by atoms with Gasteiger partial charge in [-0.05, 0) is 34.9 Å². The molecule has 0 saturated carbocycles. The quantitative estimate of drug-likeness (QED) is 0.589. The summed E-state index contributed by atoms with van der Waals surface area (Å²) in [6.07, 6.45) is 1.68. The first-order valence-corrected chi connectivity index (χ1v) is 9.63. The highest BCUT2D eigenvalue weighted by atomic mass is 32.2. The second-order valence-electron chi connectivity index (χ2n) is 6.00. The number of benzene rings is 2. The van der Waals surface area contributed by atoms with Crippen molar-refractivity contribution >= 4 is 22.4 Å². The molecule has 0 spiro atoms. The van der Waals surface area contributed by atoms with Crippen molar-refractivity contribution in [3.63, 3.8) is 0 Å². The number of carbonyl (C=O) groups excluding carboxylic acids is 1. The molecule has 0 aliphatic carbocycles. The second-order valence-corrected chi connectivity index (χ2v) is 6.98. The van der Waals surface area contributed by atoms with Crippen LogP contribution in [0.2, 0.25) is 0 Å². The third kappa shape index (κ3) is 4.32. The second kappa shape index (κ2) is 8.01. The molecule has 0 aliphatic heterocycles. The highest BCUT2D eigenvalue weighted by Crippen LogP contribution is 2.30. The normalized spacial score (nSPS) is 10.7. The van der Waals surface area contributed by atoms with Crippen LogP contribution in [0.15, 0.2) is 60.8 Å². The zero-order valence-corrected chi connectivity index (χ0v) is 15.6. The molecular weight excluding hydrogens is 362 g/mol. The summed E-state index contributed by atoms with van der Waals surface area (Å²) in [7, 11) is -0.861. The number of nitrogen functional groups attached to an aromatic ring is 1. The maximum atomic E-state index is 11.7. The van der Waals surface area contributed by atoms with E-state index >= 15 is 0 Å². The number of pyridine rings is 1. The summed E-state index contributed by atoms with van der Waals surface area (Å²) in [5.41, 5.74) is 10.8. The van der Waals surface area contributed by atoms with Gasteiger partial charge in [0.2, 0.25) is 0 Å². The molecule has 7 heteroatoms. The number of hydrogen-bond donors (Lipinski definition) is 3. The first-order chi connectivity index (χ1) is 13.0. The maximum absolute atomic E-state index is 11.7. The van der Waals surface area contributed by atoms with Gasteiger partial charge < -0.3 is 11.1 Å². The van der Waals surface area contributed by atoms with Crippen LogP contribution in [0.3, 0.4) is 0 Å². The van der Waals surface area contributed by atoms with Crippen molar-refractivity contribution in [1.82, 2.24) is 10.3 Å². The first kappa shape index (κ1) is 18.6. The summed E-state index contributed by atoms with van der Waals surface area (Å²) in [6.45, 7) is 0. The number of nitrogens with two attached hydrogens (primary N) is 1. The molecule has 0 radical (unpaired) electrons. The summed E-state index contributed by atoms with van der Waals surface area (Å²) in [5.74, 6) is 0.270. The number of rotatable bonds is 5. The Balaban J connectivity index is 1.93. The van der Waals surface area contributed by atoms with Gasteiger partial charge in [0.1, 0.15) is 16.5 Å². The average Bonchev–Trinajstić information content (AvgIpc) is 2.68. The molecule has 2 aromatic carbocycles. The van der Waals surface area contributed by atoms with Crippen molar-refractivity contribution in [2.45, 2.75) is 5.75 Å². The monoisotopic (exact) mass is 381 g/mol. The van der Waals surface area contributed by atoms with Gasteiger partial charge in [0.15, 0.2) is 0 Å². The summed E-state index contributed by atoms with van der Waals surface area (Å²) >= 11 is 0. The van der Waals surface area contributed by atoms with E-state index in [9.17, 15) is 13.2 Å². The standard InChI is InChI=1S/C20H19N3O3S/c1-22-20(24)16-8-6-15(7-9-16)18-10-17(11-23-19(18)21)14-4-2-13(3-5-14)12-27(25)26/h2-11,27H,12H2,1H3,(H2,21,23)(H,22,24). The van der Waals surface area contributed by atoms with Gasteiger partial charge in [0.05, 0.1) is 5.75 Å². The molecule has 6 nitrogen and oxygen atoms in total. The Kier molecular flexibility index (Phi) is 5.52. The van der Waals surface area contributed by atoms with Crippen LogP contribution < -0.4 is 11.1 Å². The molecule has 1 amide bonds. The van der Waals surface area contributed by atoms with Gasteiger partial charge in [0, 0.05) is 29.9 Å². The Morgan fingerprint density at radius 1 is 1.00 bits per heavy atom. The van der Waals surface area contributed by atoms with E-state index in [-0.39, 0.29) is 11.7 Å². The smallest absolute Gasteiger partial charge is 0.251 e. The molecular formula is C20H19N3O3S. The fraction of sp³-hybridized carbons (Fsp3) is 0.100. The number of aromatic nitrogens is 1. The van der Waals surface area contributed by atoms with E-state index in [1.807, 2.05) is 30.3 Å². The van der Waals surface area contributed by atoms with Gasteiger partial charge in [-0.25, -0.2) is 13.4 Å². The van der Waals surface area contributed by atoms with Crippen molar-refractivity contribution in [3.8, 4) is 22.3 Å². The number of nitrogens with zero attached hydrogens (tertiary/aromatic N) is 1. The van der Waals surface area contributed by atoms with E-state index in [1.54, 1.807) is 37.5 Å². The predicted molar refractivity (Wildman–Crippen MR) is 107 cm³/mol.